The number of alkyl halides is 2. The topological polar surface area (TPSA) is 12.0 Å². The highest BCUT2D eigenvalue weighted by atomic mass is 35.5. The Labute approximate surface area is 73.3 Å². The van der Waals surface area contributed by atoms with Crippen LogP contribution in [0.25, 0.3) is 0 Å². The molecule has 0 rings (SSSR count). The molecule has 1 atom stereocenters. The summed E-state index contributed by atoms with van der Waals surface area (Å²) in [6.07, 6.45) is 0.916. The fourth-order valence-electron chi connectivity index (χ4n) is 1.03. The van der Waals surface area contributed by atoms with Crippen LogP contribution in [0, 0.1) is 5.92 Å². The molecule has 0 spiro atoms. The Bertz CT molecular complexity index is 88.2. The molecule has 0 aliphatic rings. The van der Waals surface area contributed by atoms with Gasteiger partial charge in [-0.3, -0.25) is 0 Å². The molecule has 0 aromatic heterocycles. The Morgan fingerprint density at radius 2 is 2.09 bits per heavy atom. The molecule has 68 valence electrons. The number of hydrogen-bond acceptors (Lipinski definition) is 1. The quantitative estimate of drug-likeness (QED) is 0.620. The molecular formula is C8H17ClFN. The van der Waals surface area contributed by atoms with Crippen molar-refractivity contribution in [1.82, 2.24) is 5.32 Å². The number of halogens is 2. The predicted octanol–water partition coefficient (Wildman–Crippen LogP) is 2.20. The lowest BCUT2D eigenvalue weighted by molar-refractivity contribution is 0.363. The number of hydrogen-bond donors (Lipinski definition) is 1. The average molecular weight is 182 g/mol. The molecule has 0 heterocycles. The van der Waals surface area contributed by atoms with Gasteiger partial charge >= 0.3 is 0 Å². The number of rotatable bonds is 6. The Balaban J connectivity index is 3.51. The van der Waals surface area contributed by atoms with Crippen LogP contribution < -0.4 is 5.32 Å². The van der Waals surface area contributed by atoms with E-state index in [0.717, 1.165) is 6.42 Å². The summed E-state index contributed by atoms with van der Waals surface area (Å²) < 4.78 is 11.8. The second kappa shape index (κ2) is 6.86. The maximum absolute atomic E-state index is 11.8. The van der Waals surface area contributed by atoms with Crippen molar-refractivity contribution in [2.45, 2.75) is 26.3 Å². The zero-order valence-corrected chi connectivity index (χ0v) is 7.99. The van der Waals surface area contributed by atoms with Crippen LogP contribution in [0.5, 0.6) is 0 Å². The van der Waals surface area contributed by atoms with Crippen LogP contribution >= 0.6 is 11.6 Å². The van der Waals surface area contributed by atoms with Crippen molar-refractivity contribution in [3.63, 3.8) is 0 Å². The Morgan fingerprint density at radius 1 is 1.45 bits per heavy atom. The smallest absolute Gasteiger partial charge is 0.102 e. The fourth-order valence-corrected chi connectivity index (χ4v) is 1.26. The van der Waals surface area contributed by atoms with E-state index in [9.17, 15) is 4.39 Å². The average Bonchev–Trinajstić information content (AvgIpc) is 1.97. The van der Waals surface area contributed by atoms with Crippen molar-refractivity contribution in [2.24, 2.45) is 5.92 Å². The lowest BCUT2D eigenvalue weighted by Gasteiger charge is -2.20. The summed E-state index contributed by atoms with van der Waals surface area (Å²) in [6.45, 7) is 4.37. The maximum atomic E-state index is 11.8. The van der Waals surface area contributed by atoms with Gasteiger partial charge in [-0.15, -0.1) is 11.6 Å². The summed E-state index contributed by atoms with van der Waals surface area (Å²) in [5.74, 6) is 1.17. The third kappa shape index (κ3) is 5.45. The van der Waals surface area contributed by atoms with Crippen LogP contribution in [0.2, 0.25) is 0 Å². The van der Waals surface area contributed by atoms with Gasteiger partial charge in [0.1, 0.15) is 6.67 Å². The largest absolute Gasteiger partial charge is 0.311 e. The minimum absolute atomic E-state index is 0.300. The van der Waals surface area contributed by atoms with Crippen LogP contribution in [0.3, 0.4) is 0 Å². The Morgan fingerprint density at radius 3 is 2.45 bits per heavy atom. The predicted molar refractivity (Wildman–Crippen MR) is 47.9 cm³/mol. The van der Waals surface area contributed by atoms with E-state index in [2.05, 4.69) is 19.2 Å². The molecule has 1 nitrogen and oxygen atoms in total. The van der Waals surface area contributed by atoms with E-state index in [1.54, 1.807) is 0 Å². The normalized spacial score (nSPS) is 13.9. The SMILES string of the molecule is CC(C)C(CCCl)NCCF. The molecule has 0 amide bonds. The van der Waals surface area contributed by atoms with Gasteiger partial charge in [0.25, 0.3) is 0 Å². The van der Waals surface area contributed by atoms with Crippen molar-refractivity contribution >= 4 is 11.6 Å². The lowest BCUT2D eigenvalue weighted by Crippen LogP contribution is -2.35. The molecule has 0 fully saturated rings. The summed E-state index contributed by atoms with van der Waals surface area (Å²) in [6, 6.07) is 0.364. The second-order valence-corrected chi connectivity index (χ2v) is 3.35. The van der Waals surface area contributed by atoms with Crippen LogP contribution in [0.15, 0.2) is 0 Å². The second-order valence-electron chi connectivity index (χ2n) is 2.97. The summed E-state index contributed by atoms with van der Waals surface area (Å²) >= 11 is 5.59. The third-order valence-corrected chi connectivity index (χ3v) is 1.94. The Hall–Kier alpha value is 0.180. The van der Waals surface area contributed by atoms with Crippen LogP contribution in [0.4, 0.5) is 4.39 Å². The van der Waals surface area contributed by atoms with Gasteiger partial charge in [-0.1, -0.05) is 13.8 Å². The molecule has 0 aliphatic carbocycles. The molecule has 1 unspecified atom stereocenters. The molecule has 0 bridgehead atoms. The molecule has 0 aromatic rings. The molecular weight excluding hydrogens is 165 g/mol. The maximum Gasteiger partial charge on any atom is 0.102 e. The van der Waals surface area contributed by atoms with Crippen molar-refractivity contribution in [3.8, 4) is 0 Å². The number of nitrogens with one attached hydrogen (secondary N) is 1. The zero-order valence-electron chi connectivity index (χ0n) is 7.24. The standard InChI is InChI=1S/C8H17ClFN/c1-7(2)8(3-4-9)11-6-5-10/h7-8,11H,3-6H2,1-2H3. The molecule has 1 N–H and O–H groups in total. The van der Waals surface area contributed by atoms with Gasteiger partial charge < -0.3 is 5.32 Å². The zero-order chi connectivity index (χ0) is 8.69. The van der Waals surface area contributed by atoms with Crippen molar-refractivity contribution in [1.29, 1.82) is 0 Å². The van der Waals surface area contributed by atoms with Crippen LogP contribution in [-0.2, 0) is 0 Å². The summed E-state index contributed by atoms with van der Waals surface area (Å²) in [4.78, 5) is 0. The highest BCUT2D eigenvalue weighted by molar-refractivity contribution is 6.17. The van der Waals surface area contributed by atoms with Crippen molar-refractivity contribution < 1.29 is 4.39 Å². The van der Waals surface area contributed by atoms with Gasteiger partial charge in [0.15, 0.2) is 0 Å². The highest BCUT2D eigenvalue weighted by Gasteiger charge is 2.10. The summed E-state index contributed by atoms with van der Waals surface area (Å²) in [5, 5.41) is 3.11. The van der Waals surface area contributed by atoms with Gasteiger partial charge in [0, 0.05) is 18.5 Å². The van der Waals surface area contributed by atoms with E-state index in [1.165, 1.54) is 0 Å². The third-order valence-electron chi connectivity index (χ3n) is 1.73. The molecule has 11 heavy (non-hydrogen) atoms. The van der Waals surface area contributed by atoms with E-state index >= 15 is 0 Å². The minimum atomic E-state index is -0.300. The first-order valence-corrected chi connectivity index (χ1v) is 4.61. The molecule has 0 aliphatic heterocycles. The van der Waals surface area contributed by atoms with Crippen molar-refractivity contribution in [3.05, 3.63) is 0 Å². The summed E-state index contributed by atoms with van der Waals surface area (Å²) in [5.41, 5.74) is 0. The molecule has 3 heteroatoms. The molecule has 0 saturated carbocycles. The van der Waals surface area contributed by atoms with Crippen LogP contribution in [0.1, 0.15) is 20.3 Å². The minimum Gasteiger partial charge on any atom is -0.311 e. The van der Waals surface area contributed by atoms with Gasteiger partial charge in [-0.05, 0) is 12.3 Å². The van der Waals surface area contributed by atoms with E-state index < -0.39 is 0 Å². The first kappa shape index (κ1) is 11.2. The van der Waals surface area contributed by atoms with E-state index in [0.29, 0.717) is 24.4 Å². The van der Waals surface area contributed by atoms with Gasteiger partial charge in [-0.2, -0.15) is 0 Å². The van der Waals surface area contributed by atoms with E-state index in [4.69, 9.17) is 11.6 Å². The Kier molecular flexibility index (Phi) is 6.98. The monoisotopic (exact) mass is 181 g/mol. The lowest BCUT2D eigenvalue weighted by atomic mass is 10.0. The van der Waals surface area contributed by atoms with Gasteiger partial charge in [0.05, 0.1) is 0 Å². The van der Waals surface area contributed by atoms with E-state index in [-0.39, 0.29) is 6.67 Å². The fraction of sp³-hybridized carbons (Fsp3) is 1.00. The van der Waals surface area contributed by atoms with Crippen molar-refractivity contribution in [2.75, 3.05) is 19.1 Å². The molecule has 0 radical (unpaired) electrons. The van der Waals surface area contributed by atoms with Crippen LogP contribution in [-0.4, -0.2) is 25.1 Å². The van der Waals surface area contributed by atoms with Gasteiger partial charge in [0.2, 0.25) is 0 Å². The summed E-state index contributed by atoms with van der Waals surface area (Å²) in [7, 11) is 0. The first-order valence-electron chi connectivity index (χ1n) is 4.07. The molecule has 0 aromatic carbocycles. The highest BCUT2D eigenvalue weighted by Crippen LogP contribution is 2.06. The van der Waals surface area contributed by atoms with Gasteiger partial charge in [-0.25, -0.2) is 4.39 Å². The first-order chi connectivity index (χ1) is 5.22. The van der Waals surface area contributed by atoms with E-state index in [1.807, 2.05) is 0 Å². The molecule has 0 saturated heterocycles.